The van der Waals surface area contributed by atoms with Crippen LogP contribution in [0.1, 0.15) is 16.7 Å². The molecule has 2 aliphatic rings. The molecule has 2 aromatic carbocycles. The van der Waals surface area contributed by atoms with Gasteiger partial charge in [0, 0.05) is 11.3 Å². The molecule has 2 aromatic rings. The lowest BCUT2D eigenvalue weighted by molar-refractivity contribution is -0.650. The summed E-state index contributed by atoms with van der Waals surface area (Å²) in [6.07, 6.45) is 0. The highest BCUT2D eigenvalue weighted by molar-refractivity contribution is 8.14. The van der Waals surface area contributed by atoms with Crippen LogP contribution in [0.15, 0.2) is 48.5 Å². The van der Waals surface area contributed by atoms with Gasteiger partial charge in [-0.2, -0.15) is 0 Å². The first-order chi connectivity index (χ1) is 11.1. The maximum absolute atomic E-state index is 11.5. The number of hydrogen-bond acceptors (Lipinski definition) is 3. The Morgan fingerprint density at radius 2 is 1.79 bits per heavy atom. The number of aliphatic hydroxyl groups is 1. The van der Waals surface area contributed by atoms with Crippen molar-refractivity contribution in [2.24, 2.45) is 0 Å². The summed E-state index contributed by atoms with van der Waals surface area (Å²) in [4.78, 5) is 2.27. The van der Waals surface area contributed by atoms with Gasteiger partial charge in [-0.1, -0.05) is 48.0 Å². The number of rotatable bonds is 2. The van der Waals surface area contributed by atoms with E-state index in [1.165, 1.54) is 22.0 Å². The smallest absolute Gasteiger partial charge is 0.316 e. The quantitative estimate of drug-likeness (QED) is 0.718. The Morgan fingerprint density at radius 1 is 1.08 bits per heavy atom. The van der Waals surface area contributed by atoms with Crippen molar-refractivity contribution in [1.29, 1.82) is 0 Å². The normalized spacial score (nSPS) is 22.5. The summed E-state index contributed by atoms with van der Waals surface area (Å²) in [5, 5.41) is 12.7. The standard InChI is InChI=1S/C19H21N2OS.BrH/c1-14-7-9-16(10-8-14)19(22)13-20(18-21(19)11-12-23-18)17-6-4-3-5-15(17)2;/h3-10,22H,11-13H2,1-2H3;1H/q+1;/p-1. The summed E-state index contributed by atoms with van der Waals surface area (Å²) in [6.45, 7) is 5.66. The van der Waals surface area contributed by atoms with Gasteiger partial charge < -0.3 is 22.1 Å². The van der Waals surface area contributed by atoms with E-state index in [0.29, 0.717) is 6.54 Å². The number of benzene rings is 2. The lowest BCUT2D eigenvalue weighted by Crippen LogP contribution is -3.00. The molecule has 2 aliphatic heterocycles. The minimum absolute atomic E-state index is 0. The van der Waals surface area contributed by atoms with Crippen LogP contribution in [0.3, 0.4) is 0 Å². The monoisotopic (exact) mass is 404 g/mol. The fraction of sp³-hybridized carbons (Fsp3) is 0.316. The summed E-state index contributed by atoms with van der Waals surface area (Å²) < 4.78 is 2.16. The van der Waals surface area contributed by atoms with Gasteiger partial charge in [-0.25, -0.2) is 9.48 Å². The molecule has 126 valence electrons. The van der Waals surface area contributed by atoms with E-state index in [1.54, 1.807) is 0 Å². The highest BCUT2D eigenvalue weighted by Gasteiger charge is 2.54. The zero-order chi connectivity index (χ0) is 16.0. The molecule has 1 N–H and O–H groups in total. The van der Waals surface area contributed by atoms with Crippen LogP contribution in [-0.4, -0.2) is 33.7 Å². The number of para-hydroxylation sites is 1. The Kier molecular flexibility index (Phi) is 4.78. The summed E-state index contributed by atoms with van der Waals surface area (Å²) in [6, 6.07) is 16.7. The highest BCUT2D eigenvalue weighted by Crippen LogP contribution is 2.38. The number of anilines is 1. The molecule has 1 atom stereocenters. The van der Waals surface area contributed by atoms with Gasteiger partial charge in [0.25, 0.3) is 5.72 Å². The first-order valence-electron chi connectivity index (χ1n) is 8.00. The van der Waals surface area contributed by atoms with E-state index < -0.39 is 5.72 Å². The van der Waals surface area contributed by atoms with E-state index in [0.717, 1.165) is 17.9 Å². The fourth-order valence-corrected chi connectivity index (χ4v) is 4.64. The van der Waals surface area contributed by atoms with Gasteiger partial charge in [-0.15, -0.1) is 0 Å². The molecule has 0 aromatic heterocycles. The first-order valence-corrected chi connectivity index (χ1v) is 8.98. The van der Waals surface area contributed by atoms with Gasteiger partial charge >= 0.3 is 5.17 Å². The van der Waals surface area contributed by atoms with Crippen LogP contribution >= 0.6 is 11.8 Å². The minimum Gasteiger partial charge on any atom is -1.00 e. The number of thioether (sulfide) groups is 1. The number of aryl methyl sites for hydroxylation is 2. The Morgan fingerprint density at radius 3 is 2.50 bits per heavy atom. The van der Waals surface area contributed by atoms with Crippen molar-refractivity contribution in [3.63, 3.8) is 0 Å². The van der Waals surface area contributed by atoms with Crippen LogP contribution in [0.25, 0.3) is 0 Å². The van der Waals surface area contributed by atoms with Crippen LogP contribution in [-0.2, 0) is 5.72 Å². The molecular weight excluding hydrogens is 384 g/mol. The van der Waals surface area contributed by atoms with Crippen molar-refractivity contribution in [3.05, 3.63) is 65.2 Å². The second kappa shape index (κ2) is 6.54. The molecule has 0 radical (unpaired) electrons. The van der Waals surface area contributed by atoms with Crippen LogP contribution in [0.2, 0.25) is 0 Å². The Bertz CT molecular complexity index is 790. The predicted octanol–water partition coefficient (Wildman–Crippen LogP) is 0.0880. The molecule has 0 spiro atoms. The van der Waals surface area contributed by atoms with Gasteiger partial charge in [-0.3, -0.25) is 0 Å². The topological polar surface area (TPSA) is 26.5 Å². The van der Waals surface area contributed by atoms with Crippen molar-refractivity contribution < 1.29 is 26.7 Å². The fourth-order valence-electron chi connectivity index (χ4n) is 3.46. The van der Waals surface area contributed by atoms with Gasteiger partial charge in [0.05, 0.1) is 6.54 Å². The minimum atomic E-state index is -0.950. The van der Waals surface area contributed by atoms with Gasteiger partial charge in [0.15, 0.2) is 6.54 Å². The van der Waals surface area contributed by atoms with Crippen LogP contribution in [0.5, 0.6) is 0 Å². The number of hydrogen-bond donors (Lipinski definition) is 1. The third-order valence-corrected chi connectivity index (χ3v) is 5.84. The SMILES string of the molecule is Cc1ccc(C2(O)CN(c3ccccc3C)C3=[N+]2CCS3)cc1.[Br-]. The van der Waals surface area contributed by atoms with Crippen molar-refractivity contribution in [3.8, 4) is 0 Å². The molecule has 24 heavy (non-hydrogen) atoms. The van der Waals surface area contributed by atoms with E-state index in [2.05, 4.69) is 71.9 Å². The Balaban J connectivity index is 0.00000169. The number of nitrogens with zero attached hydrogens (tertiary/aromatic N) is 2. The van der Waals surface area contributed by atoms with Crippen molar-refractivity contribution in [2.75, 3.05) is 23.7 Å². The lowest BCUT2D eigenvalue weighted by Gasteiger charge is -2.23. The maximum Gasteiger partial charge on any atom is 0.316 e. The van der Waals surface area contributed by atoms with E-state index in [9.17, 15) is 5.11 Å². The molecule has 0 saturated heterocycles. The van der Waals surface area contributed by atoms with Crippen LogP contribution in [0, 0.1) is 13.8 Å². The summed E-state index contributed by atoms with van der Waals surface area (Å²) in [5.74, 6) is 1.02. The van der Waals surface area contributed by atoms with E-state index in [4.69, 9.17) is 0 Å². The van der Waals surface area contributed by atoms with Gasteiger partial charge in [0.1, 0.15) is 5.69 Å². The molecule has 3 nitrogen and oxygen atoms in total. The summed E-state index contributed by atoms with van der Waals surface area (Å²) in [7, 11) is 0. The summed E-state index contributed by atoms with van der Waals surface area (Å²) >= 11 is 1.83. The van der Waals surface area contributed by atoms with Gasteiger partial charge in [0.2, 0.25) is 0 Å². The largest absolute Gasteiger partial charge is 1.00 e. The zero-order valence-electron chi connectivity index (χ0n) is 13.9. The molecule has 1 unspecified atom stereocenters. The molecule has 0 saturated carbocycles. The van der Waals surface area contributed by atoms with Gasteiger partial charge in [-0.05, 0) is 37.2 Å². The molecule has 0 aliphatic carbocycles. The number of β-amino-alcohol motifs (C(OH)–C–C–N with tert-alkyl or cyclic N) is 1. The average molecular weight is 405 g/mol. The second-order valence-electron chi connectivity index (χ2n) is 6.34. The summed E-state index contributed by atoms with van der Waals surface area (Å²) in [5.41, 5.74) is 3.66. The highest BCUT2D eigenvalue weighted by atomic mass is 79.9. The molecule has 2 heterocycles. The van der Waals surface area contributed by atoms with Crippen molar-refractivity contribution >= 4 is 22.6 Å². The third-order valence-electron chi connectivity index (χ3n) is 4.75. The third kappa shape index (κ3) is 2.68. The number of amidine groups is 1. The van der Waals surface area contributed by atoms with Crippen molar-refractivity contribution in [1.82, 2.24) is 0 Å². The second-order valence-corrected chi connectivity index (χ2v) is 7.40. The van der Waals surface area contributed by atoms with Crippen LogP contribution in [0.4, 0.5) is 5.69 Å². The molecule has 0 fully saturated rings. The average Bonchev–Trinajstić information content (AvgIpc) is 3.13. The first kappa shape index (κ1) is 17.5. The predicted molar refractivity (Wildman–Crippen MR) is 96.2 cm³/mol. The maximum atomic E-state index is 11.5. The molecule has 5 heteroatoms. The van der Waals surface area contributed by atoms with E-state index in [1.807, 2.05) is 11.8 Å². The lowest BCUT2D eigenvalue weighted by atomic mass is 10.0. The van der Waals surface area contributed by atoms with E-state index in [-0.39, 0.29) is 17.0 Å². The molecule has 0 bridgehead atoms. The molecular formula is C19H21BrN2OS. The van der Waals surface area contributed by atoms with E-state index >= 15 is 0 Å². The molecule has 4 rings (SSSR count). The molecule has 0 amide bonds. The number of halogens is 1. The van der Waals surface area contributed by atoms with Crippen LogP contribution < -0.4 is 21.9 Å². The Labute approximate surface area is 157 Å². The Hall–Kier alpha value is -1.30. The van der Waals surface area contributed by atoms with Crippen molar-refractivity contribution in [2.45, 2.75) is 19.6 Å². The zero-order valence-corrected chi connectivity index (χ0v) is 16.3.